The van der Waals surface area contributed by atoms with Crippen molar-refractivity contribution in [2.75, 3.05) is 14.1 Å². The molecule has 0 aromatic carbocycles. The molecule has 0 amide bonds. The van der Waals surface area contributed by atoms with Gasteiger partial charge in [-0.25, -0.2) is 0 Å². The molecule has 0 aliphatic heterocycles. The van der Waals surface area contributed by atoms with Crippen LogP contribution < -0.4 is 11.3 Å². The van der Waals surface area contributed by atoms with Crippen molar-refractivity contribution in [3.8, 4) is 0 Å². The topological polar surface area (TPSA) is 59.1 Å². The predicted octanol–water partition coefficient (Wildman–Crippen LogP) is 0.926. The molecular formula is C13H27N5. The summed E-state index contributed by atoms with van der Waals surface area (Å²) in [5, 5.41) is 4.48. The van der Waals surface area contributed by atoms with Gasteiger partial charge in [-0.3, -0.25) is 16.0 Å². The summed E-state index contributed by atoms with van der Waals surface area (Å²) >= 11 is 0. The fraction of sp³-hybridized carbons (Fsp3) is 0.769. The van der Waals surface area contributed by atoms with Gasteiger partial charge in [-0.15, -0.1) is 0 Å². The van der Waals surface area contributed by atoms with Gasteiger partial charge in [0.15, 0.2) is 0 Å². The van der Waals surface area contributed by atoms with Crippen LogP contribution in [0.4, 0.5) is 0 Å². The Labute approximate surface area is 110 Å². The largest absolute Gasteiger partial charge is 0.303 e. The van der Waals surface area contributed by atoms with Crippen LogP contribution in [0.1, 0.15) is 32.2 Å². The number of hydrazine groups is 1. The number of aromatic nitrogens is 2. The molecule has 0 fully saturated rings. The number of aryl methyl sites for hydroxylation is 2. The van der Waals surface area contributed by atoms with Crippen molar-refractivity contribution in [1.29, 1.82) is 0 Å². The van der Waals surface area contributed by atoms with Gasteiger partial charge in [0.1, 0.15) is 0 Å². The molecule has 1 aromatic heterocycles. The number of likely N-dealkylation sites (N-methyl/N-ethyl adjacent to an activating group) is 1. The van der Waals surface area contributed by atoms with Crippen molar-refractivity contribution in [1.82, 2.24) is 20.1 Å². The highest BCUT2D eigenvalue weighted by Crippen LogP contribution is 2.19. The molecule has 0 bridgehead atoms. The minimum absolute atomic E-state index is 0.0223. The minimum Gasteiger partial charge on any atom is -0.303 e. The summed E-state index contributed by atoms with van der Waals surface area (Å²) in [5.74, 6) is 5.74. The molecule has 0 spiro atoms. The summed E-state index contributed by atoms with van der Waals surface area (Å²) < 4.78 is 2.05. The third kappa shape index (κ3) is 3.10. The van der Waals surface area contributed by atoms with E-state index >= 15 is 0 Å². The van der Waals surface area contributed by atoms with Crippen LogP contribution in [-0.4, -0.2) is 40.4 Å². The lowest BCUT2D eigenvalue weighted by atomic mass is 9.90. The van der Waals surface area contributed by atoms with Gasteiger partial charge in [-0.1, -0.05) is 0 Å². The second-order valence-electron chi connectivity index (χ2n) is 5.56. The maximum Gasteiger partial charge on any atom is 0.0596 e. The molecule has 1 unspecified atom stereocenters. The second-order valence-corrected chi connectivity index (χ2v) is 5.56. The lowest BCUT2D eigenvalue weighted by Crippen LogP contribution is -2.58. The Morgan fingerprint density at radius 1 is 1.50 bits per heavy atom. The highest BCUT2D eigenvalue weighted by atomic mass is 15.3. The van der Waals surface area contributed by atoms with Crippen molar-refractivity contribution < 1.29 is 0 Å². The summed E-state index contributed by atoms with van der Waals surface area (Å²) in [6.07, 6.45) is 0.871. The van der Waals surface area contributed by atoms with Gasteiger partial charge in [-0.05, 0) is 47.9 Å². The van der Waals surface area contributed by atoms with Gasteiger partial charge in [-0.2, -0.15) is 5.10 Å². The third-order valence-electron chi connectivity index (χ3n) is 3.90. The molecule has 1 rings (SSSR count). The SMILES string of the molecule is CCn1nc(C)cc1CC(NN)C(C)(C)N(C)C. The van der Waals surface area contributed by atoms with Crippen LogP contribution >= 0.6 is 0 Å². The molecule has 5 heteroatoms. The van der Waals surface area contributed by atoms with Crippen LogP contribution in [0.15, 0.2) is 6.07 Å². The highest BCUT2D eigenvalue weighted by molar-refractivity contribution is 5.12. The van der Waals surface area contributed by atoms with Crippen molar-refractivity contribution in [2.45, 2.75) is 52.2 Å². The zero-order valence-corrected chi connectivity index (χ0v) is 12.5. The van der Waals surface area contributed by atoms with Crippen molar-refractivity contribution in [3.63, 3.8) is 0 Å². The van der Waals surface area contributed by atoms with E-state index in [4.69, 9.17) is 5.84 Å². The molecule has 1 aromatic rings. The average molecular weight is 253 g/mol. The Bertz CT molecular complexity index is 381. The average Bonchev–Trinajstić information content (AvgIpc) is 2.65. The lowest BCUT2D eigenvalue weighted by molar-refractivity contribution is 0.136. The van der Waals surface area contributed by atoms with Crippen LogP contribution in [0.25, 0.3) is 0 Å². The van der Waals surface area contributed by atoms with Crippen LogP contribution in [0.5, 0.6) is 0 Å². The van der Waals surface area contributed by atoms with E-state index < -0.39 is 0 Å². The van der Waals surface area contributed by atoms with E-state index in [1.807, 2.05) is 11.6 Å². The number of hydrogen-bond donors (Lipinski definition) is 2. The number of nitrogens with one attached hydrogen (secondary N) is 1. The van der Waals surface area contributed by atoms with Crippen molar-refractivity contribution >= 4 is 0 Å². The molecule has 3 N–H and O–H groups in total. The predicted molar refractivity (Wildman–Crippen MR) is 75.2 cm³/mol. The van der Waals surface area contributed by atoms with Gasteiger partial charge in [0.2, 0.25) is 0 Å². The Morgan fingerprint density at radius 2 is 2.11 bits per heavy atom. The lowest BCUT2D eigenvalue weighted by Gasteiger charge is -2.39. The van der Waals surface area contributed by atoms with Crippen molar-refractivity contribution in [2.24, 2.45) is 5.84 Å². The van der Waals surface area contributed by atoms with Gasteiger partial charge < -0.3 is 4.90 Å². The molecule has 0 aliphatic carbocycles. The molecule has 0 saturated heterocycles. The van der Waals surface area contributed by atoms with Crippen LogP contribution in [0.2, 0.25) is 0 Å². The van der Waals surface area contributed by atoms with Crippen LogP contribution in [-0.2, 0) is 13.0 Å². The van der Waals surface area contributed by atoms with Crippen LogP contribution in [0, 0.1) is 6.92 Å². The maximum atomic E-state index is 5.74. The molecule has 1 heterocycles. The Morgan fingerprint density at radius 3 is 2.56 bits per heavy atom. The minimum atomic E-state index is -0.0223. The zero-order valence-electron chi connectivity index (χ0n) is 12.5. The number of hydrogen-bond acceptors (Lipinski definition) is 4. The van der Waals surface area contributed by atoms with E-state index in [1.54, 1.807) is 0 Å². The van der Waals surface area contributed by atoms with Crippen molar-refractivity contribution in [3.05, 3.63) is 17.5 Å². The Balaban J connectivity index is 2.92. The van der Waals surface area contributed by atoms with E-state index in [1.165, 1.54) is 5.69 Å². The van der Waals surface area contributed by atoms with Gasteiger partial charge in [0.05, 0.1) is 5.69 Å². The second kappa shape index (κ2) is 5.82. The zero-order chi connectivity index (χ0) is 13.9. The van der Waals surface area contributed by atoms with E-state index in [0.717, 1.165) is 18.7 Å². The molecule has 0 radical (unpaired) electrons. The maximum absolute atomic E-state index is 5.74. The summed E-state index contributed by atoms with van der Waals surface area (Å²) in [7, 11) is 4.15. The van der Waals surface area contributed by atoms with E-state index in [0.29, 0.717) is 0 Å². The Hall–Kier alpha value is -0.910. The molecule has 0 saturated carbocycles. The molecule has 1 atom stereocenters. The number of nitrogens with two attached hydrogens (primary N) is 1. The smallest absolute Gasteiger partial charge is 0.0596 e. The van der Waals surface area contributed by atoms with Gasteiger partial charge >= 0.3 is 0 Å². The summed E-state index contributed by atoms with van der Waals surface area (Å²) in [5.41, 5.74) is 5.22. The molecule has 104 valence electrons. The number of nitrogens with zero attached hydrogens (tertiary/aromatic N) is 3. The molecule has 5 nitrogen and oxygen atoms in total. The highest BCUT2D eigenvalue weighted by Gasteiger charge is 2.31. The molecular weight excluding hydrogens is 226 g/mol. The summed E-state index contributed by atoms with van der Waals surface area (Å²) in [6, 6.07) is 2.31. The monoisotopic (exact) mass is 253 g/mol. The molecule has 18 heavy (non-hydrogen) atoms. The first-order valence-corrected chi connectivity index (χ1v) is 6.49. The first-order chi connectivity index (χ1) is 8.32. The standard InChI is InChI=1S/C13H27N5/c1-7-18-11(8-10(2)16-18)9-12(15-14)13(3,4)17(5)6/h8,12,15H,7,9,14H2,1-6H3. The summed E-state index contributed by atoms with van der Waals surface area (Å²) in [6.45, 7) is 9.41. The van der Waals surface area contributed by atoms with E-state index in [2.05, 4.69) is 56.4 Å². The third-order valence-corrected chi connectivity index (χ3v) is 3.90. The van der Waals surface area contributed by atoms with Crippen LogP contribution in [0.3, 0.4) is 0 Å². The van der Waals surface area contributed by atoms with E-state index in [9.17, 15) is 0 Å². The normalized spacial score (nSPS) is 14.2. The number of rotatable bonds is 6. The first-order valence-electron chi connectivity index (χ1n) is 6.49. The molecule has 0 aliphatic rings. The quantitative estimate of drug-likeness (QED) is 0.585. The van der Waals surface area contributed by atoms with Gasteiger partial charge in [0, 0.05) is 30.2 Å². The fourth-order valence-corrected chi connectivity index (χ4v) is 2.07. The van der Waals surface area contributed by atoms with Gasteiger partial charge in [0.25, 0.3) is 0 Å². The summed E-state index contributed by atoms with van der Waals surface area (Å²) in [4.78, 5) is 2.19. The first kappa shape index (κ1) is 15.1. The Kier molecular flexibility index (Phi) is 4.90. The van der Waals surface area contributed by atoms with E-state index in [-0.39, 0.29) is 11.6 Å². The fourth-order valence-electron chi connectivity index (χ4n) is 2.07.